The van der Waals surface area contributed by atoms with Crippen LogP contribution < -0.4 is 4.90 Å². The molecule has 6 heteroatoms. The second-order valence-electron chi connectivity index (χ2n) is 6.17. The highest BCUT2D eigenvalue weighted by molar-refractivity contribution is 6.33. The van der Waals surface area contributed by atoms with E-state index in [9.17, 15) is 14.4 Å². The summed E-state index contributed by atoms with van der Waals surface area (Å²) in [6.07, 6.45) is -0.870. The molecule has 0 bridgehead atoms. The zero-order valence-corrected chi connectivity index (χ0v) is 15.0. The second kappa shape index (κ2) is 7.70. The third-order valence-corrected chi connectivity index (χ3v) is 4.64. The van der Waals surface area contributed by atoms with Crippen LogP contribution in [0.4, 0.5) is 5.69 Å². The first kappa shape index (κ1) is 18.1. The Morgan fingerprint density at radius 3 is 2.46 bits per heavy atom. The van der Waals surface area contributed by atoms with E-state index >= 15 is 0 Å². The van der Waals surface area contributed by atoms with Crippen LogP contribution in [0.3, 0.4) is 0 Å². The Bertz CT molecular complexity index is 837. The standard InChI is InChI=1S/C20H18ClNO4/c1-13(19(24)14-7-3-2-4-8-14)26-20(25)15-11-18(23)22(12-15)17-10-6-5-9-16(17)21/h2-10,13,15H,11-12H2,1H3/t13-,15-/m1/s1. The predicted octanol–water partition coefficient (Wildman–Crippen LogP) is 3.51. The van der Waals surface area contributed by atoms with Crippen molar-refractivity contribution in [2.24, 2.45) is 5.92 Å². The van der Waals surface area contributed by atoms with E-state index in [1.807, 2.05) is 0 Å². The van der Waals surface area contributed by atoms with Crippen molar-refractivity contribution in [2.45, 2.75) is 19.4 Å². The second-order valence-corrected chi connectivity index (χ2v) is 6.57. The highest BCUT2D eigenvalue weighted by Crippen LogP contribution is 2.31. The Morgan fingerprint density at radius 1 is 1.12 bits per heavy atom. The maximum atomic E-state index is 12.4. The molecular formula is C20H18ClNO4. The SMILES string of the molecule is C[C@@H](OC(=O)[C@@H]1CC(=O)N(c2ccccc2Cl)C1)C(=O)c1ccccc1. The van der Waals surface area contributed by atoms with Gasteiger partial charge in [0.1, 0.15) is 0 Å². The Hall–Kier alpha value is -2.66. The summed E-state index contributed by atoms with van der Waals surface area (Å²) >= 11 is 6.14. The number of benzene rings is 2. The molecule has 1 aliphatic rings. The number of rotatable bonds is 5. The monoisotopic (exact) mass is 371 g/mol. The summed E-state index contributed by atoms with van der Waals surface area (Å²) in [5, 5.41) is 0.447. The molecule has 0 saturated carbocycles. The van der Waals surface area contributed by atoms with Gasteiger partial charge in [-0.3, -0.25) is 14.4 Å². The Kier molecular flexibility index (Phi) is 5.38. The van der Waals surface area contributed by atoms with Crippen molar-refractivity contribution in [1.29, 1.82) is 0 Å². The number of para-hydroxylation sites is 1. The molecule has 1 heterocycles. The fourth-order valence-corrected chi connectivity index (χ4v) is 3.17. The average Bonchev–Trinajstić information content (AvgIpc) is 3.04. The van der Waals surface area contributed by atoms with Gasteiger partial charge in [0.2, 0.25) is 11.7 Å². The number of halogens is 1. The lowest BCUT2D eigenvalue weighted by Crippen LogP contribution is -2.30. The molecule has 0 aliphatic carbocycles. The van der Waals surface area contributed by atoms with Crippen LogP contribution in [-0.2, 0) is 14.3 Å². The maximum Gasteiger partial charge on any atom is 0.312 e. The Labute approximate surface area is 156 Å². The molecule has 0 aromatic heterocycles. The number of nitrogens with zero attached hydrogens (tertiary/aromatic N) is 1. The van der Waals surface area contributed by atoms with E-state index in [0.29, 0.717) is 16.3 Å². The molecule has 0 N–H and O–H groups in total. The van der Waals surface area contributed by atoms with Crippen LogP contribution in [0, 0.1) is 5.92 Å². The molecule has 1 saturated heterocycles. The number of ketones is 1. The van der Waals surface area contributed by atoms with E-state index in [0.717, 1.165) is 0 Å². The van der Waals surface area contributed by atoms with Gasteiger partial charge in [0.25, 0.3) is 0 Å². The van der Waals surface area contributed by atoms with Crippen LogP contribution in [0.2, 0.25) is 5.02 Å². The van der Waals surface area contributed by atoms with Crippen LogP contribution >= 0.6 is 11.6 Å². The molecule has 1 fully saturated rings. The third-order valence-electron chi connectivity index (χ3n) is 4.32. The Balaban J connectivity index is 1.65. The number of ether oxygens (including phenoxy) is 1. The van der Waals surface area contributed by atoms with E-state index in [1.54, 1.807) is 54.6 Å². The van der Waals surface area contributed by atoms with Crippen molar-refractivity contribution in [1.82, 2.24) is 0 Å². The molecule has 0 unspecified atom stereocenters. The summed E-state index contributed by atoms with van der Waals surface area (Å²) in [6.45, 7) is 1.73. The molecule has 2 aromatic carbocycles. The van der Waals surface area contributed by atoms with Gasteiger partial charge in [-0.05, 0) is 19.1 Å². The van der Waals surface area contributed by atoms with Gasteiger partial charge in [0.05, 0.1) is 16.6 Å². The van der Waals surface area contributed by atoms with Gasteiger partial charge in [-0.2, -0.15) is 0 Å². The van der Waals surface area contributed by atoms with Gasteiger partial charge in [-0.15, -0.1) is 0 Å². The van der Waals surface area contributed by atoms with Crippen LogP contribution in [0.25, 0.3) is 0 Å². The van der Waals surface area contributed by atoms with Crippen molar-refractivity contribution in [3.05, 3.63) is 65.2 Å². The first-order valence-corrected chi connectivity index (χ1v) is 8.70. The number of amides is 1. The first-order chi connectivity index (χ1) is 12.5. The Morgan fingerprint density at radius 2 is 1.77 bits per heavy atom. The summed E-state index contributed by atoms with van der Waals surface area (Å²) in [7, 11) is 0. The van der Waals surface area contributed by atoms with Crippen LogP contribution in [0.1, 0.15) is 23.7 Å². The average molecular weight is 372 g/mol. The van der Waals surface area contributed by atoms with Crippen LogP contribution in [-0.4, -0.2) is 30.3 Å². The van der Waals surface area contributed by atoms with Gasteiger partial charge >= 0.3 is 5.97 Å². The number of carbonyl (C=O) groups is 3. The molecule has 2 aromatic rings. The summed E-state index contributed by atoms with van der Waals surface area (Å²) in [5.41, 5.74) is 1.05. The normalized spacial score (nSPS) is 17.8. The topological polar surface area (TPSA) is 63.7 Å². The summed E-state index contributed by atoms with van der Waals surface area (Å²) in [6, 6.07) is 15.6. The van der Waals surface area contributed by atoms with Gasteiger partial charge in [0.15, 0.2) is 6.10 Å². The summed E-state index contributed by atoms with van der Waals surface area (Å²) < 4.78 is 5.31. The van der Waals surface area contributed by atoms with Crippen molar-refractivity contribution >= 4 is 34.9 Å². The zero-order valence-electron chi connectivity index (χ0n) is 14.2. The number of carbonyl (C=O) groups excluding carboxylic acids is 3. The van der Waals surface area contributed by atoms with Gasteiger partial charge in [-0.25, -0.2) is 0 Å². The molecule has 1 aliphatic heterocycles. The van der Waals surface area contributed by atoms with E-state index in [2.05, 4.69) is 0 Å². The lowest BCUT2D eigenvalue weighted by Gasteiger charge is -2.18. The minimum atomic E-state index is -0.908. The number of anilines is 1. The smallest absolute Gasteiger partial charge is 0.312 e. The van der Waals surface area contributed by atoms with Gasteiger partial charge < -0.3 is 9.64 Å². The van der Waals surface area contributed by atoms with Crippen molar-refractivity contribution < 1.29 is 19.1 Å². The van der Waals surface area contributed by atoms with Gasteiger partial charge in [0, 0.05) is 18.5 Å². The maximum absolute atomic E-state index is 12.4. The lowest BCUT2D eigenvalue weighted by molar-refractivity contribution is -0.151. The largest absolute Gasteiger partial charge is 0.454 e. The predicted molar refractivity (Wildman–Crippen MR) is 98.2 cm³/mol. The highest BCUT2D eigenvalue weighted by Gasteiger charge is 2.38. The lowest BCUT2D eigenvalue weighted by atomic mass is 10.1. The molecule has 5 nitrogen and oxygen atoms in total. The highest BCUT2D eigenvalue weighted by atomic mass is 35.5. The van der Waals surface area contributed by atoms with E-state index in [4.69, 9.17) is 16.3 Å². The molecule has 134 valence electrons. The molecule has 1 amide bonds. The van der Waals surface area contributed by atoms with Crippen molar-refractivity contribution in [3.8, 4) is 0 Å². The van der Waals surface area contributed by atoms with Crippen LogP contribution in [0.15, 0.2) is 54.6 Å². The van der Waals surface area contributed by atoms with Gasteiger partial charge in [-0.1, -0.05) is 54.1 Å². The van der Waals surface area contributed by atoms with Crippen LogP contribution in [0.5, 0.6) is 0 Å². The molecule has 26 heavy (non-hydrogen) atoms. The van der Waals surface area contributed by atoms with E-state index in [1.165, 1.54) is 11.8 Å². The third kappa shape index (κ3) is 3.78. The van der Waals surface area contributed by atoms with Crippen molar-refractivity contribution in [2.75, 3.05) is 11.4 Å². The molecule has 2 atom stereocenters. The molecule has 0 radical (unpaired) electrons. The molecule has 0 spiro atoms. The zero-order chi connectivity index (χ0) is 18.7. The summed E-state index contributed by atoms with van der Waals surface area (Å²) in [5.74, 6) is -1.64. The fourth-order valence-electron chi connectivity index (χ4n) is 2.93. The van der Waals surface area contributed by atoms with Crippen molar-refractivity contribution in [3.63, 3.8) is 0 Å². The molecule has 3 rings (SSSR count). The minimum absolute atomic E-state index is 0.0380. The summed E-state index contributed by atoms with van der Waals surface area (Å²) in [4.78, 5) is 38.5. The quantitative estimate of drug-likeness (QED) is 0.596. The van der Waals surface area contributed by atoms with E-state index in [-0.39, 0.29) is 24.7 Å². The van der Waals surface area contributed by atoms with E-state index < -0.39 is 18.0 Å². The first-order valence-electron chi connectivity index (χ1n) is 8.32. The minimum Gasteiger partial charge on any atom is -0.454 e. The fraction of sp³-hybridized carbons (Fsp3) is 0.250. The number of esters is 1. The number of hydrogen-bond donors (Lipinski definition) is 0. The number of Topliss-reactive ketones (excluding diaryl/α,β-unsaturated/α-hetero) is 1. The molecular weight excluding hydrogens is 354 g/mol. The number of hydrogen-bond acceptors (Lipinski definition) is 4.